The molecule has 1 aromatic carbocycles. The zero-order valence-electron chi connectivity index (χ0n) is 10.8. The van der Waals surface area contributed by atoms with Gasteiger partial charge in [0.15, 0.2) is 0 Å². The minimum atomic E-state index is -1.10. The number of aromatic carboxylic acids is 1. The minimum absolute atomic E-state index is 0.0350. The van der Waals surface area contributed by atoms with Crippen LogP contribution in [0.5, 0.6) is 0 Å². The molecule has 7 heteroatoms. The first-order valence-electron chi connectivity index (χ1n) is 6.22. The van der Waals surface area contributed by atoms with E-state index in [1.807, 2.05) is 0 Å². The monoisotopic (exact) mass is 280 g/mol. The maximum Gasteiger partial charge on any atom is 0.337 e. The van der Waals surface area contributed by atoms with Crippen molar-refractivity contribution < 1.29 is 24.5 Å². The van der Waals surface area contributed by atoms with Gasteiger partial charge >= 0.3 is 12.0 Å². The number of amides is 2. The van der Waals surface area contributed by atoms with Gasteiger partial charge in [-0.15, -0.1) is 0 Å². The molecule has 0 radical (unpaired) electrons. The molecule has 1 aliphatic rings. The van der Waals surface area contributed by atoms with Crippen LogP contribution in [-0.4, -0.2) is 59.5 Å². The summed E-state index contributed by atoms with van der Waals surface area (Å²) in [6.07, 6.45) is -0.399. The second-order valence-corrected chi connectivity index (χ2v) is 4.40. The Balaban J connectivity index is 2.06. The normalized spacial score (nSPS) is 18.6. The third-order valence-electron chi connectivity index (χ3n) is 3.03. The van der Waals surface area contributed by atoms with E-state index in [4.69, 9.17) is 14.9 Å². The molecule has 0 bridgehead atoms. The number of nitrogens with zero attached hydrogens (tertiary/aromatic N) is 1. The molecule has 108 valence electrons. The van der Waals surface area contributed by atoms with Crippen molar-refractivity contribution in [1.29, 1.82) is 0 Å². The summed E-state index contributed by atoms with van der Waals surface area (Å²) < 4.78 is 5.25. The Morgan fingerprint density at radius 3 is 2.85 bits per heavy atom. The van der Waals surface area contributed by atoms with Crippen LogP contribution in [0, 0.1) is 0 Å². The fraction of sp³-hybridized carbons (Fsp3) is 0.385. The first kappa shape index (κ1) is 14.3. The van der Waals surface area contributed by atoms with Gasteiger partial charge in [-0.1, -0.05) is 12.1 Å². The average molecular weight is 280 g/mol. The number of carbonyl (C=O) groups excluding carboxylic acids is 1. The Kier molecular flexibility index (Phi) is 4.54. The summed E-state index contributed by atoms with van der Waals surface area (Å²) in [7, 11) is 0. The van der Waals surface area contributed by atoms with Gasteiger partial charge in [0.05, 0.1) is 37.1 Å². The van der Waals surface area contributed by atoms with Crippen molar-refractivity contribution >= 4 is 17.7 Å². The highest BCUT2D eigenvalue weighted by molar-refractivity contribution is 5.99. The topological polar surface area (TPSA) is 99.1 Å². The first-order valence-corrected chi connectivity index (χ1v) is 6.22. The largest absolute Gasteiger partial charge is 0.478 e. The first-order chi connectivity index (χ1) is 9.61. The highest BCUT2D eigenvalue weighted by Crippen LogP contribution is 2.16. The number of carboxylic acid groups (broad SMARTS) is 1. The molecular formula is C13H16N2O5. The Hall–Kier alpha value is -2.12. The molecule has 2 amide bonds. The Bertz CT molecular complexity index is 505. The number of benzene rings is 1. The van der Waals surface area contributed by atoms with Gasteiger partial charge in [0.2, 0.25) is 0 Å². The van der Waals surface area contributed by atoms with Crippen molar-refractivity contribution in [2.45, 2.75) is 6.10 Å². The van der Waals surface area contributed by atoms with Crippen LogP contribution in [0.2, 0.25) is 0 Å². The summed E-state index contributed by atoms with van der Waals surface area (Å²) in [5, 5.41) is 20.7. The van der Waals surface area contributed by atoms with Gasteiger partial charge in [-0.3, -0.25) is 0 Å². The second-order valence-electron chi connectivity index (χ2n) is 4.40. The Morgan fingerprint density at radius 2 is 2.15 bits per heavy atom. The van der Waals surface area contributed by atoms with E-state index in [0.717, 1.165) is 0 Å². The van der Waals surface area contributed by atoms with Gasteiger partial charge in [0, 0.05) is 6.54 Å². The standard InChI is InChI=1S/C13H16N2O5/c16-8-9-7-15(5-6-20-9)13(19)14-11-4-2-1-3-10(11)12(17)18/h1-4,9,16H,5-8H2,(H,14,19)(H,17,18). The van der Waals surface area contributed by atoms with Crippen LogP contribution in [0.15, 0.2) is 24.3 Å². The number of ether oxygens (including phenoxy) is 1. The molecule has 0 aliphatic carbocycles. The van der Waals surface area contributed by atoms with Crippen LogP contribution in [0.3, 0.4) is 0 Å². The number of hydrogen-bond acceptors (Lipinski definition) is 4. The van der Waals surface area contributed by atoms with Crippen molar-refractivity contribution in [2.75, 3.05) is 31.6 Å². The molecule has 2 rings (SSSR count). The lowest BCUT2D eigenvalue weighted by atomic mass is 10.2. The number of anilines is 1. The number of aliphatic hydroxyl groups excluding tert-OH is 1. The number of carbonyl (C=O) groups is 2. The number of nitrogens with one attached hydrogen (secondary N) is 1. The number of morpholine rings is 1. The molecule has 0 spiro atoms. The maximum absolute atomic E-state index is 12.1. The molecular weight excluding hydrogens is 264 g/mol. The highest BCUT2D eigenvalue weighted by atomic mass is 16.5. The second kappa shape index (κ2) is 6.36. The summed E-state index contributed by atoms with van der Waals surface area (Å²) in [6, 6.07) is 5.80. The Morgan fingerprint density at radius 1 is 1.40 bits per heavy atom. The minimum Gasteiger partial charge on any atom is -0.478 e. The van der Waals surface area contributed by atoms with Crippen molar-refractivity contribution in [3.05, 3.63) is 29.8 Å². The summed E-state index contributed by atoms with van der Waals surface area (Å²) in [5.74, 6) is -1.10. The van der Waals surface area contributed by atoms with Crippen LogP contribution in [0.1, 0.15) is 10.4 Å². The summed E-state index contributed by atoms with van der Waals surface area (Å²) in [4.78, 5) is 24.6. The molecule has 20 heavy (non-hydrogen) atoms. The van der Waals surface area contributed by atoms with Gasteiger partial charge in [-0.25, -0.2) is 9.59 Å². The fourth-order valence-corrected chi connectivity index (χ4v) is 1.99. The van der Waals surface area contributed by atoms with Crippen LogP contribution in [-0.2, 0) is 4.74 Å². The van der Waals surface area contributed by atoms with Crippen molar-refractivity contribution in [2.24, 2.45) is 0 Å². The lowest BCUT2D eigenvalue weighted by Crippen LogP contribution is -2.48. The third-order valence-corrected chi connectivity index (χ3v) is 3.03. The van der Waals surface area contributed by atoms with E-state index < -0.39 is 18.1 Å². The highest BCUT2D eigenvalue weighted by Gasteiger charge is 2.24. The predicted octanol–water partition coefficient (Wildman–Crippen LogP) is 0.610. The van der Waals surface area contributed by atoms with Crippen molar-refractivity contribution in [3.63, 3.8) is 0 Å². The van der Waals surface area contributed by atoms with Crippen LogP contribution in [0.4, 0.5) is 10.5 Å². The summed E-state index contributed by atoms with van der Waals surface area (Å²) >= 11 is 0. The summed E-state index contributed by atoms with van der Waals surface area (Å²) in [6.45, 7) is 0.865. The molecule has 1 aromatic rings. The van der Waals surface area contributed by atoms with Gasteiger partial charge in [0.25, 0.3) is 0 Å². The smallest absolute Gasteiger partial charge is 0.337 e. The number of aliphatic hydroxyl groups is 1. The zero-order chi connectivity index (χ0) is 14.5. The third kappa shape index (κ3) is 3.25. The van der Waals surface area contributed by atoms with Crippen molar-refractivity contribution in [1.82, 2.24) is 4.90 Å². The molecule has 1 fully saturated rings. The number of rotatable bonds is 3. The van der Waals surface area contributed by atoms with E-state index in [1.165, 1.54) is 17.0 Å². The molecule has 7 nitrogen and oxygen atoms in total. The van der Waals surface area contributed by atoms with Gasteiger partial charge in [-0.05, 0) is 12.1 Å². The maximum atomic E-state index is 12.1. The van der Waals surface area contributed by atoms with E-state index in [9.17, 15) is 9.59 Å². The SMILES string of the molecule is O=C(O)c1ccccc1NC(=O)N1CCOC(CO)C1. The van der Waals surface area contributed by atoms with Gasteiger partial charge in [0.1, 0.15) is 0 Å². The molecule has 3 N–H and O–H groups in total. The van der Waals surface area contributed by atoms with Crippen LogP contribution < -0.4 is 5.32 Å². The van der Waals surface area contributed by atoms with E-state index >= 15 is 0 Å². The van der Waals surface area contributed by atoms with Gasteiger partial charge in [-0.2, -0.15) is 0 Å². The quantitative estimate of drug-likeness (QED) is 0.753. The number of hydrogen-bond donors (Lipinski definition) is 3. The lowest BCUT2D eigenvalue weighted by molar-refractivity contribution is -0.0388. The number of para-hydroxylation sites is 1. The van der Waals surface area contributed by atoms with Gasteiger partial charge < -0.3 is 25.2 Å². The number of carboxylic acids is 1. The molecule has 1 aliphatic heterocycles. The van der Waals surface area contributed by atoms with E-state index in [2.05, 4.69) is 5.32 Å². The Labute approximate surface area is 115 Å². The fourth-order valence-electron chi connectivity index (χ4n) is 1.99. The number of urea groups is 1. The van der Waals surface area contributed by atoms with Crippen LogP contribution in [0.25, 0.3) is 0 Å². The zero-order valence-corrected chi connectivity index (χ0v) is 10.8. The lowest BCUT2D eigenvalue weighted by Gasteiger charge is -2.32. The molecule has 0 saturated carbocycles. The molecule has 0 aromatic heterocycles. The van der Waals surface area contributed by atoms with E-state index in [1.54, 1.807) is 12.1 Å². The molecule has 1 saturated heterocycles. The van der Waals surface area contributed by atoms with E-state index in [0.29, 0.717) is 13.2 Å². The summed E-state index contributed by atoms with van der Waals surface area (Å²) in [5.41, 5.74) is 0.282. The van der Waals surface area contributed by atoms with Crippen LogP contribution >= 0.6 is 0 Å². The molecule has 1 atom stereocenters. The van der Waals surface area contributed by atoms with E-state index in [-0.39, 0.29) is 24.4 Å². The average Bonchev–Trinajstić information content (AvgIpc) is 2.47. The van der Waals surface area contributed by atoms with Crippen molar-refractivity contribution in [3.8, 4) is 0 Å². The molecule has 1 heterocycles. The predicted molar refractivity (Wildman–Crippen MR) is 70.8 cm³/mol. The molecule has 1 unspecified atom stereocenters.